The van der Waals surface area contributed by atoms with Gasteiger partial charge in [-0.2, -0.15) is 0 Å². The molecule has 2 saturated heterocycles. The zero-order chi connectivity index (χ0) is 20.3. The van der Waals surface area contributed by atoms with Crippen molar-refractivity contribution in [2.24, 2.45) is 11.3 Å². The fourth-order valence-corrected chi connectivity index (χ4v) is 5.85. The van der Waals surface area contributed by atoms with Crippen LogP contribution in [0.15, 0.2) is 24.3 Å². The third-order valence-corrected chi connectivity index (χ3v) is 7.60. The van der Waals surface area contributed by atoms with Crippen molar-refractivity contribution in [3.63, 3.8) is 0 Å². The van der Waals surface area contributed by atoms with E-state index in [4.69, 9.17) is 16.3 Å². The molecule has 3 atom stereocenters. The topological polar surface area (TPSA) is 44.8 Å². The Bertz CT molecular complexity index is 709. The molecule has 2 aliphatic heterocycles. The Morgan fingerprint density at radius 2 is 2.10 bits per heavy atom. The number of halogens is 1. The summed E-state index contributed by atoms with van der Waals surface area (Å²) in [6.07, 6.45) is 4.36. The monoisotopic (exact) mass is 419 g/mol. The van der Waals surface area contributed by atoms with Gasteiger partial charge in [0.15, 0.2) is 0 Å². The van der Waals surface area contributed by atoms with Crippen LogP contribution in [-0.4, -0.2) is 67.7 Å². The molecule has 1 N–H and O–H groups in total. The van der Waals surface area contributed by atoms with Crippen LogP contribution in [0.2, 0.25) is 5.02 Å². The van der Waals surface area contributed by atoms with Crippen LogP contribution < -0.4 is 5.32 Å². The zero-order valence-electron chi connectivity index (χ0n) is 17.5. The van der Waals surface area contributed by atoms with Crippen molar-refractivity contribution in [1.29, 1.82) is 0 Å². The molecule has 6 heteroatoms. The van der Waals surface area contributed by atoms with Crippen molar-refractivity contribution in [2.75, 3.05) is 45.9 Å². The number of hydrogen-bond donors (Lipinski definition) is 1. The number of rotatable bonds is 5. The Hall–Kier alpha value is -1.14. The number of benzene rings is 1. The molecule has 3 aliphatic rings. The number of ether oxygens (including phenoxy) is 1. The van der Waals surface area contributed by atoms with Gasteiger partial charge in [0.25, 0.3) is 0 Å². The molecule has 1 aromatic carbocycles. The van der Waals surface area contributed by atoms with Crippen LogP contribution in [0.25, 0.3) is 0 Å². The van der Waals surface area contributed by atoms with E-state index in [2.05, 4.69) is 22.0 Å². The van der Waals surface area contributed by atoms with Gasteiger partial charge in [-0.25, -0.2) is 0 Å². The minimum Gasteiger partial charge on any atom is -0.379 e. The molecular weight excluding hydrogens is 386 g/mol. The number of nitrogens with one attached hydrogen (secondary N) is 1. The van der Waals surface area contributed by atoms with Gasteiger partial charge < -0.3 is 15.0 Å². The maximum atomic E-state index is 13.6. The maximum Gasteiger partial charge on any atom is 0.228 e. The summed E-state index contributed by atoms with van der Waals surface area (Å²) in [6, 6.07) is 8.37. The fourth-order valence-electron chi connectivity index (χ4n) is 5.64. The highest BCUT2D eigenvalue weighted by Gasteiger charge is 2.52. The summed E-state index contributed by atoms with van der Waals surface area (Å²) in [4.78, 5) is 18.6. The van der Waals surface area contributed by atoms with Gasteiger partial charge in [0.05, 0.1) is 18.6 Å². The molecular formula is C23H34ClN3O2. The number of nitrogens with zero attached hydrogens (tertiary/aromatic N) is 2. The number of carbonyl (C=O) groups excluding carboxylic acids is 1. The van der Waals surface area contributed by atoms with Gasteiger partial charge >= 0.3 is 0 Å². The van der Waals surface area contributed by atoms with E-state index in [-0.39, 0.29) is 11.3 Å². The first-order valence-electron chi connectivity index (χ1n) is 11.2. The van der Waals surface area contributed by atoms with E-state index in [0.717, 1.165) is 77.2 Å². The lowest BCUT2D eigenvalue weighted by Gasteiger charge is -2.53. The second kappa shape index (κ2) is 9.34. The van der Waals surface area contributed by atoms with E-state index >= 15 is 0 Å². The molecule has 160 valence electrons. The summed E-state index contributed by atoms with van der Waals surface area (Å²) in [5, 5.41) is 3.98. The first-order chi connectivity index (χ1) is 14.1. The molecule has 1 amide bonds. The van der Waals surface area contributed by atoms with E-state index in [1.807, 2.05) is 24.3 Å². The Balaban J connectivity index is 1.46. The molecule has 29 heavy (non-hydrogen) atoms. The third kappa shape index (κ3) is 4.63. The molecule has 0 unspecified atom stereocenters. The highest BCUT2D eigenvalue weighted by molar-refractivity contribution is 6.30. The number of amides is 1. The van der Waals surface area contributed by atoms with E-state index in [1.165, 1.54) is 0 Å². The Labute approximate surface area is 179 Å². The van der Waals surface area contributed by atoms with E-state index in [0.29, 0.717) is 23.5 Å². The van der Waals surface area contributed by atoms with Crippen LogP contribution in [0.5, 0.6) is 0 Å². The highest BCUT2D eigenvalue weighted by Crippen LogP contribution is 2.47. The quantitative estimate of drug-likeness (QED) is 0.796. The zero-order valence-corrected chi connectivity index (χ0v) is 18.3. The van der Waals surface area contributed by atoms with Gasteiger partial charge in [-0.15, -0.1) is 0 Å². The average Bonchev–Trinajstić information content (AvgIpc) is 2.77. The van der Waals surface area contributed by atoms with Crippen LogP contribution in [0, 0.1) is 11.3 Å². The first kappa shape index (κ1) is 21.1. The normalized spacial score (nSPS) is 31.2. The Morgan fingerprint density at radius 1 is 1.28 bits per heavy atom. The van der Waals surface area contributed by atoms with E-state index in [1.54, 1.807) is 0 Å². The van der Waals surface area contributed by atoms with E-state index < -0.39 is 0 Å². The van der Waals surface area contributed by atoms with Gasteiger partial charge in [0.1, 0.15) is 0 Å². The van der Waals surface area contributed by atoms with Gasteiger partial charge in [0, 0.05) is 37.2 Å². The smallest absolute Gasteiger partial charge is 0.228 e. The standard InChI is InChI=1S/C23H34ClN3O2/c1-2-26-9-7-19-15-21(27-10-12-29-13-11-27)6-8-23(19,17-26)22(28)25-16-18-4-3-5-20(24)14-18/h3-5,14,19,21H,2,6-13,15-17H2,1H3,(H,25,28)/t19-,21+,23-/m1/s1. The SMILES string of the molecule is CCN1CC[C@@H]2C[C@@H](N3CCOCC3)CC[C@@]2(C(=O)NCc2cccc(Cl)c2)C1. The molecule has 0 radical (unpaired) electrons. The van der Waals surface area contributed by atoms with Crippen LogP contribution in [0.4, 0.5) is 0 Å². The maximum absolute atomic E-state index is 13.6. The lowest BCUT2D eigenvalue weighted by atomic mass is 9.61. The van der Waals surface area contributed by atoms with E-state index in [9.17, 15) is 4.79 Å². The van der Waals surface area contributed by atoms with Crippen molar-refractivity contribution < 1.29 is 9.53 Å². The van der Waals surface area contributed by atoms with Gasteiger partial charge in [-0.1, -0.05) is 30.7 Å². The number of likely N-dealkylation sites (tertiary alicyclic amines) is 1. The van der Waals surface area contributed by atoms with Crippen molar-refractivity contribution in [1.82, 2.24) is 15.1 Å². The molecule has 4 rings (SSSR count). The summed E-state index contributed by atoms with van der Waals surface area (Å²) in [5.74, 6) is 0.701. The molecule has 3 fully saturated rings. The van der Waals surface area contributed by atoms with Crippen molar-refractivity contribution >= 4 is 17.5 Å². The average molecular weight is 420 g/mol. The number of carbonyl (C=O) groups is 1. The van der Waals surface area contributed by atoms with Crippen LogP contribution in [-0.2, 0) is 16.1 Å². The van der Waals surface area contributed by atoms with Crippen molar-refractivity contribution in [3.05, 3.63) is 34.9 Å². The lowest BCUT2D eigenvalue weighted by molar-refractivity contribution is -0.145. The molecule has 0 spiro atoms. The van der Waals surface area contributed by atoms with Gasteiger partial charge in [0.2, 0.25) is 5.91 Å². The summed E-state index contributed by atoms with van der Waals surface area (Å²) >= 11 is 6.11. The van der Waals surface area contributed by atoms with Crippen molar-refractivity contribution in [3.8, 4) is 0 Å². The molecule has 1 aliphatic carbocycles. The molecule has 1 aromatic rings. The Morgan fingerprint density at radius 3 is 2.86 bits per heavy atom. The molecule has 2 heterocycles. The predicted octanol–water partition coefficient (Wildman–Crippen LogP) is 3.17. The third-order valence-electron chi connectivity index (χ3n) is 7.36. The Kier molecular flexibility index (Phi) is 6.80. The number of hydrogen-bond acceptors (Lipinski definition) is 4. The number of piperidine rings is 1. The fraction of sp³-hybridized carbons (Fsp3) is 0.696. The molecule has 0 bridgehead atoms. The second-order valence-corrected chi connectivity index (χ2v) is 9.34. The number of fused-ring (bicyclic) bond motifs is 1. The van der Waals surface area contributed by atoms with Crippen LogP contribution in [0.3, 0.4) is 0 Å². The summed E-state index contributed by atoms with van der Waals surface area (Å²) < 4.78 is 5.54. The predicted molar refractivity (Wildman–Crippen MR) is 116 cm³/mol. The van der Waals surface area contributed by atoms with Crippen molar-refractivity contribution in [2.45, 2.75) is 45.2 Å². The van der Waals surface area contributed by atoms with Gasteiger partial charge in [-0.05, 0) is 62.4 Å². The minimum absolute atomic E-state index is 0.237. The number of morpholine rings is 1. The summed E-state index contributed by atoms with van der Waals surface area (Å²) in [6.45, 7) is 9.53. The largest absolute Gasteiger partial charge is 0.379 e. The lowest BCUT2D eigenvalue weighted by Crippen LogP contribution is -2.60. The first-order valence-corrected chi connectivity index (χ1v) is 11.6. The van der Waals surface area contributed by atoms with Crippen LogP contribution >= 0.6 is 11.6 Å². The second-order valence-electron chi connectivity index (χ2n) is 8.90. The van der Waals surface area contributed by atoms with Crippen LogP contribution in [0.1, 0.15) is 38.2 Å². The highest BCUT2D eigenvalue weighted by atomic mass is 35.5. The minimum atomic E-state index is -0.254. The molecule has 1 saturated carbocycles. The molecule has 5 nitrogen and oxygen atoms in total. The summed E-state index contributed by atoms with van der Waals surface area (Å²) in [5.41, 5.74) is 0.805. The molecule has 0 aromatic heterocycles. The van der Waals surface area contributed by atoms with Gasteiger partial charge in [-0.3, -0.25) is 9.69 Å². The summed E-state index contributed by atoms with van der Waals surface area (Å²) in [7, 11) is 0.